The molecule has 1 N–H and O–H groups in total. The van der Waals surface area contributed by atoms with Gasteiger partial charge in [-0.05, 0) is 55.5 Å². The maximum Gasteiger partial charge on any atom is 0.416 e. The number of nitrogens with zero attached hydrogens (tertiary/aromatic N) is 2. The van der Waals surface area contributed by atoms with Gasteiger partial charge in [0.2, 0.25) is 10.0 Å². The summed E-state index contributed by atoms with van der Waals surface area (Å²) in [7, 11) is -3.99. The highest BCUT2D eigenvalue weighted by atomic mass is 32.2. The van der Waals surface area contributed by atoms with Crippen molar-refractivity contribution in [2.45, 2.75) is 18.0 Å². The predicted molar refractivity (Wildman–Crippen MR) is 119 cm³/mol. The fraction of sp³-hybridized carbons (Fsp3) is 0.364. The Labute approximate surface area is 200 Å². The van der Waals surface area contributed by atoms with E-state index in [0.29, 0.717) is 11.4 Å². The molecule has 0 spiro atoms. The maximum atomic E-state index is 12.8. The highest BCUT2D eigenvalue weighted by Gasteiger charge is 2.33. The molecule has 2 amide bonds. The van der Waals surface area contributed by atoms with E-state index in [-0.39, 0.29) is 44.3 Å². The van der Waals surface area contributed by atoms with Gasteiger partial charge in [-0.2, -0.15) is 17.5 Å². The summed E-state index contributed by atoms with van der Waals surface area (Å²) in [5, 5.41) is 2.69. The van der Waals surface area contributed by atoms with Gasteiger partial charge in [-0.25, -0.2) is 18.0 Å². The van der Waals surface area contributed by atoms with Crippen LogP contribution in [0.25, 0.3) is 0 Å². The second kappa shape index (κ2) is 11.0. The Balaban J connectivity index is 1.52. The van der Waals surface area contributed by atoms with Gasteiger partial charge in [0, 0.05) is 31.9 Å². The van der Waals surface area contributed by atoms with Crippen molar-refractivity contribution >= 4 is 27.7 Å². The van der Waals surface area contributed by atoms with Gasteiger partial charge in [-0.1, -0.05) is 0 Å². The van der Waals surface area contributed by atoms with Crippen LogP contribution in [0.1, 0.15) is 12.5 Å². The number of nitrogens with one attached hydrogen (secondary N) is 1. The van der Waals surface area contributed by atoms with Crippen molar-refractivity contribution in [1.82, 2.24) is 9.21 Å². The third kappa shape index (κ3) is 6.85. The number of sulfonamides is 1. The molecular formula is C22H24F3N3O6S. The molecule has 1 saturated heterocycles. The van der Waals surface area contributed by atoms with Gasteiger partial charge in [0.1, 0.15) is 5.75 Å². The summed E-state index contributed by atoms with van der Waals surface area (Å²) in [6.45, 7) is 1.91. The fourth-order valence-electron chi connectivity index (χ4n) is 3.28. The van der Waals surface area contributed by atoms with Crippen LogP contribution in [0.3, 0.4) is 0 Å². The molecule has 13 heteroatoms. The number of hydrogen-bond donors (Lipinski definition) is 1. The molecule has 190 valence electrons. The van der Waals surface area contributed by atoms with E-state index in [1.807, 2.05) is 0 Å². The molecule has 2 aromatic carbocycles. The Morgan fingerprint density at radius 2 is 1.57 bits per heavy atom. The molecule has 35 heavy (non-hydrogen) atoms. The van der Waals surface area contributed by atoms with Crippen LogP contribution in [0.15, 0.2) is 53.4 Å². The van der Waals surface area contributed by atoms with Crippen LogP contribution in [0.4, 0.5) is 23.7 Å². The largest absolute Gasteiger partial charge is 0.482 e. The second-order valence-electron chi connectivity index (χ2n) is 7.46. The van der Waals surface area contributed by atoms with Gasteiger partial charge in [0.25, 0.3) is 0 Å². The number of benzene rings is 2. The molecule has 1 aliphatic heterocycles. The van der Waals surface area contributed by atoms with Crippen LogP contribution >= 0.6 is 0 Å². The Kier molecular flexibility index (Phi) is 8.22. The number of esters is 1. The van der Waals surface area contributed by atoms with E-state index < -0.39 is 33.8 Å². The Bertz CT molecular complexity index is 1130. The molecule has 3 rings (SSSR count). The van der Waals surface area contributed by atoms with Gasteiger partial charge in [0.15, 0.2) is 6.61 Å². The summed E-state index contributed by atoms with van der Waals surface area (Å²) in [5.74, 6) is -0.0810. The van der Waals surface area contributed by atoms with Gasteiger partial charge < -0.3 is 19.7 Å². The molecule has 1 aliphatic rings. The topological polar surface area (TPSA) is 105 Å². The normalized spacial score (nSPS) is 14.9. The number of halogens is 3. The molecule has 9 nitrogen and oxygen atoms in total. The average molecular weight is 516 g/mol. The van der Waals surface area contributed by atoms with Gasteiger partial charge in [0.05, 0.1) is 17.1 Å². The highest BCUT2D eigenvalue weighted by molar-refractivity contribution is 7.89. The lowest BCUT2D eigenvalue weighted by atomic mass is 10.2. The van der Waals surface area contributed by atoms with Crippen LogP contribution < -0.4 is 10.1 Å². The zero-order valence-corrected chi connectivity index (χ0v) is 19.6. The number of amides is 2. The zero-order valence-electron chi connectivity index (χ0n) is 18.7. The van der Waals surface area contributed by atoms with Crippen LogP contribution in [-0.2, 0) is 25.7 Å². The van der Waals surface area contributed by atoms with Crippen LogP contribution in [-0.4, -0.2) is 69.0 Å². The minimum Gasteiger partial charge on any atom is -0.482 e. The third-order valence-electron chi connectivity index (χ3n) is 5.11. The number of carbonyl (C=O) groups is 2. The van der Waals surface area contributed by atoms with Gasteiger partial charge in [-0.15, -0.1) is 0 Å². The van der Waals surface area contributed by atoms with E-state index in [2.05, 4.69) is 5.32 Å². The summed E-state index contributed by atoms with van der Waals surface area (Å²) >= 11 is 0. The number of anilines is 1. The lowest BCUT2D eigenvalue weighted by Gasteiger charge is -2.34. The van der Waals surface area contributed by atoms with Crippen molar-refractivity contribution in [2.24, 2.45) is 0 Å². The fourth-order valence-corrected chi connectivity index (χ4v) is 4.70. The minimum atomic E-state index is -4.56. The van der Waals surface area contributed by atoms with E-state index in [0.717, 1.165) is 28.6 Å². The van der Waals surface area contributed by atoms with Crippen molar-refractivity contribution in [1.29, 1.82) is 0 Å². The zero-order chi connectivity index (χ0) is 25.6. The molecule has 1 fully saturated rings. The summed E-state index contributed by atoms with van der Waals surface area (Å²) < 4.78 is 74.9. The van der Waals surface area contributed by atoms with Crippen molar-refractivity contribution in [3.8, 4) is 5.75 Å². The molecule has 1 heterocycles. The average Bonchev–Trinajstić information content (AvgIpc) is 2.83. The van der Waals surface area contributed by atoms with Crippen molar-refractivity contribution in [2.75, 3.05) is 44.7 Å². The molecule has 0 atom stereocenters. The first-order valence-corrected chi connectivity index (χ1v) is 12.1. The molecule has 0 aromatic heterocycles. The first-order chi connectivity index (χ1) is 16.5. The monoisotopic (exact) mass is 515 g/mol. The summed E-state index contributed by atoms with van der Waals surface area (Å²) in [6, 6.07) is 9.19. The number of carbonyl (C=O) groups excluding carboxylic acids is 2. The molecule has 0 unspecified atom stereocenters. The smallest absolute Gasteiger partial charge is 0.416 e. The van der Waals surface area contributed by atoms with Crippen LogP contribution in [0.2, 0.25) is 0 Å². The number of urea groups is 1. The standard InChI is InChI=1S/C22H24F3N3O6S/c1-2-33-20(29)15-34-18-7-5-17(6-8-18)26-21(30)27-11-13-28(14-12-27)35(31,32)19-9-3-16(4-10-19)22(23,24)25/h3-10H,2,11-15H2,1H3,(H,26,30). The summed E-state index contributed by atoms with van der Waals surface area (Å²) in [6.07, 6.45) is -4.56. The maximum absolute atomic E-state index is 12.8. The molecule has 2 aromatic rings. The van der Waals surface area contributed by atoms with Crippen LogP contribution in [0.5, 0.6) is 5.75 Å². The number of rotatable bonds is 7. The van der Waals surface area contributed by atoms with Crippen molar-refractivity contribution < 1.29 is 40.7 Å². The van der Waals surface area contributed by atoms with E-state index in [9.17, 15) is 31.2 Å². The quantitative estimate of drug-likeness (QED) is 0.568. The third-order valence-corrected chi connectivity index (χ3v) is 7.03. The van der Waals surface area contributed by atoms with Gasteiger partial charge >= 0.3 is 18.2 Å². The molecule has 0 bridgehead atoms. The number of hydrogen-bond acceptors (Lipinski definition) is 6. The van der Waals surface area contributed by atoms with Gasteiger partial charge in [-0.3, -0.25) is 0 Å². The Morgan fingerprint density at radius 1 is 0.971 bits per heavy atom. The van der Waals surface area contributed by atoms with E-state index in [1.165, 1.54) is 4.90 Å². The Morgan fingerprint density at radius 3 is 2.11 bits per heavy atom. The first-order valence-electron chi connectivity index (χ1n) is 10.6. The second-order valence-corrected chi connectivity index (χ2v) is 9.40. The minimum absolute atomic E-state index is 0.00257. The van der Waals surface area contributed by atoms with E-state index in [1.54, 1.807) is 31.2 Å². The lowest BCUT2D eigenvalue weighted by Crippen LogP contribution is -2.51. The van der Waals surface area contributed by atoms with E-state index >= 15 is 0 Å². The van der Waals surface area contributed by atoms with E-state index in [4.69, 9.17) is 9.47 Å². The lowest BCUT2D eigenvalue weighted by molar-refractivity contribution is -0.145. The summed E-state index contributed by atoms with van der Waals surface area (Å²) in [4.78, 5) is 25.1. The van der Waals surface area contributed by atoms with Crippen LogP contribution in [0, 0.1) is 0 Å². The number of piperazine rings is 1. The number of ether oxygens (including phenoxy) is 2. The molecule has 0 saturated carbocycles. The highest BCUT2D eigenvalue weighted by Crippen LogP contribution is 2.30. The predicted octanol–water partition coefficient (Wildman–Crippen LogP) is 3.19. The Hall–Kier alpha value is -3.32. The van der Waals surface area contributed by atoms with Crippen molar-refractivity contribution in [3.63, 3.8) is 0 Å². The first kappa shape index (κ1) is 26.3. The van der Waals surface area contributed by atoms with Crippen molar-refractivity contribution in [3.05, 3.63) is 54.1 Å². The number of alkyl halides is 3. The molecule has 0 radical (unpaired) electrons. The SMILES string of the molecule is CCOC(=O)COc1ccc(NC(=O)N2CCN(S(=O)(=O)c3ccc(C(F)(F)F)cc3)CC2)cc1. The molecular weight excluding hydrogens is 491 g/mol. The summed E-state index contributed by atoms with van der Waals surface area (Å²) in [5.41, 5.74) is -0.463. The molecule has 0 aliphatic carbocycles.